The molecule has 0 aliphatic carbocycles. The standard InChI is InChI=1S/C20H15F3N6O/c1-29-18(30)20(27-19(29)24,13-5-11(8-21)9-25-10-13)12-6-14(17(23)15(22)7-12)16-3-2-4-26-28-16/h2-7,9-10H,8H2,1H3,(H2,24,27). The minimum atomic E-state index is -1.86. The summed E-state index contributed by atoms with van der Waals surface area (Å²) in [6.45, 7) is -0.831. The topological polar surface area (TPSA) is 97.4 Å². The van der Waals surface area contributed by atoms with Gasteiger partial charge >= 0.3 is 0 Å². The van der Waals surface area contributed by atoms with Gasteiger partial charge in [-0.1, -0.05) is 0 Å². The zero-order chi connectivity index (χ0) is 21.5. The molecule has 3 heterocycles. The molecule has 0 saturated heterocycles. The number of carbonyl (C=O) groups excluding carboxylic acids is 1. The van der Waals surface area contributed by atoms with Gasteiger partial charge in [-0.05, 0) is 35.9 Å². The Kier molecular flexibility index (Phi) is 4.69. The molecule has 0 saturated carbocycles. The Balaban J connectivity index is 2.02. The van der Waals surface area contributed by atoms with E-state index in [1.807, 2.05) is 0 Å². The SMILES string of the molecule is CN1C(=O)C(c2cncc(CF)c2)(c2cc(F)c(F)c(-c3cccnn3)c2)N=C1N. The molecule has 0 radical (unpaired) electrons. The fourth-order valence-corrected chi connectivity index (χ4v) is 3.37. The second-order valence-corrected chi connectivity index (χ2v) is 6.69. The van der Waals surface area contributed by atoms with Gasteiger partial charge in [0.05, 0.1) is 5.69 Å². The van der Waals surface area contributed by atoms with Crippen LogP contribution in [0.3, 0.4) is 0 Å². The average Bonchev–Trinajstić information content (AvgIpc) is 3.01. The molecule has 0 fully saturated rings. The number of nitrogens with zero attached hydrogens (tertiary/aromatic N) is 5. The molecule has 0 spiro atoms. The van der Waals surface area contributed by atoms with Crippen molar-refractivity contribution in [3.63, 3.8) is 0 Å². The maximum Gasteiger partial charge on any atom is 0.266 e. The number of hydrogen-bond acceptors (Lipinski definition) is 6. The van der Waals surface area contributed by atoms with Gasteiger partial charge < -0.3 is 5.73 Å². The molecule has 10 heteroatoms. The number of halogens is 3. The number of guanidine groups is 1. The molecule has 2 N–H and O–H groups in total. The van der Waals surface area contributed by atoms with Crippen molar-refractivity contribution >= 4 is 11.9 Å². The van der Waals surface area contributed by atoms with Gasteiger partial charge in [0.25, 0.3) is 5.91 Å². The Hall–Kier alpha value is -3.82. The van der Waals surface area contributed by atoms with Crippen LogP contribution in [0.15, 0.2) is 53.9 Å². The number of pyridine rings is 1. The first-order chi connectivity index (χ1) is 14.4. The molecule has 7 nitrogen and oxygen atoms in total. The smallest absolute Gasteiger partial charge is 0.266 e. The highest BCUT2D eigenvalue weighted by molar-refractivity contribution is 6.09. The predicted octanol–water partition coefficient (Wildman–Crippen LogP) is 2.32. The minimum Gasteiger partial charge on any atom is -0.369 e. The molecular formula is C20H15F3N6O. The molecule has 3 aromatic rings. The van der Waals surface area contributed by atoms with Gasteiger partial charge in [-0.25, -0.2) is 18.2 Å². The van der Waals surface area contributed by atoms with Gasteiger partial charge in [0.15, 0.2) is 23.1 Å². The van der Waals surface area contributed by atoms with Crippen LogP contribution < -0.4 is 5.73 Å². The Morgan fingerprint density at radius 2 is 1.97 bits per heavy atom. The third-order valence-electron chi connectivity index (χ3n) is 4.90. The molecule has 0 bridgehead atoms. The summed E-state index contributed by atoms with van der Waals surface area (Å²) in [6, 6.07) is 6.49. The van der Waals surface area contributed by atoms with Gasteiger partial charge in [-0.2, -0.15) is 10.2 Å². The highest BCUT2D eigenvalue weighted by Gasteiger charge is 2.50. The fraction of sp³-hybridized carbons (Fsp3) is 0.150. The zero-order valence-corrected chi connectivity index (χ0v) is 15.7. The van der Waals surface area contributed by atoms with Gasteiger partial charge in [-0.15, -0.1) is 0 Å². The maximum atomic E-state index is 14.6. The first-order valence-corrected chi connectivity index (χ1v) is 8.80. The van der Waals surface area contributed by atoms with Gasteiger partial charge in [0.1, 0.15) is 6.67 Å². The summed E-state index contributed by atoms with van der Waals surface area (Å²) in [7, 11) is 1.40. The monoisotopic (exact) mass is 412 g/mol. The fourth-order valence-electron chi connectivity index (χ4n) is 3.37. The van der Waals surface area contributed by atoms with Gasteiger partial charge in [0, 0.05) is 42.3 Å². The van der Waals surface area contributed by atoms with Gasteiger partial charge in [0.2, 0.25) is 0 Å². The zero-order valence-electron chi connectivity index (χ0n) is 15.7. The van der Waals surface area contributed by atoms with E-state index in [4.69, 9.17) is 5.73 Å². The van der Waals surface area contributed by atoms with E-state index in [0.29, 0.717) is 0 Å². The molecule has 152 valence electrons. The van der Waals surface area contributed by atoms with Crippen molar-refractivity contribution in [2.75, 3.05) is 7.05 Å². The first kappa shape index (κ1) is 19.5. The summed E-state index contributed by atoms with van der Waals surface area (Å²) in [5, 5.41) is 7.50. The molecule has 1 unspecified atom stereocenters. The Morgan fingerprint density at radius 1 is 1.17 bits per heavy atom. The van der Waals surface area contributed by atoms with Crippen LogP contribution in [0, 0.1) is 11.6 Å². The van der Waals surface area contributed by atoms with Crippen LogP contribution in [0.4, 0.5) is 13.2 Å². The molecule has 1 aliphatic heterocycles. The number of rotatable bonds is 4. The summed E-state index contributed by atoms with van der Waals surface area (Å²) < 4.78 is 42.5. The molecular weight excluding hydrogens is 397 g/mol. The summed E-state index contributed by atoms with van der Waals surface area (Å²) in [4.78, 5) is 22.6. The molecule has 1 amide bonds. The van der Waals surface area contributed by atoms with Crippen LogP contribution in [-0.4, -0.2) is 39.0 Å². The number of hydrogen-bond donors (Lipinski definition) is 1. The van der Waals surface area contributed by atoms with Crippen molar-refractivity contribution in [3.05, 3.63) is 77.2 Å². The number of amides is 1. The lowest BCUT2D eigenvalue weighted by Gasteiger charge is -2.26. The lowest BCUT2D eigenvalue weighted by Crippen LogP contribution is -2.41. The number of likely N-dealkylation sites (N-methyl/N-ethyl adjacent to an activating group) is 1. The number of nitrogens with two attached hydrogens (primary N) is 1. The minimum absolute atomic E-state index is 0.00263. The van der Waals surface area contributed by atoms with E-state index >= 15 is 0 Å². The Labute approximate surface area is 169 Å². The molecule has 4 rings (SSSR count). The van der Waals surface area contributed by atoms with Crippen molar-refractivity contribution in [2.45, 2.75) is 12.2 Å². The summed E-state index contributed by atoms with van der Waals surface area (Å²) in [5.41, 5.74) is 4.24. The quantitative estimate of drug-likeness (QED) is 0.709. The predicted molar refractivity (Wildman–Crippen MR) is 102 cm³/mol. The largest absolute Gasteiger partial charge is 0.369 e. The van der Waals surface area contributed by atoms with Crippen LogP contribution in [0.5, 0.6) is 0 Å². The maximum absolute atomic E-state index is 14.6. The van der Waals surface area contributed by atoms with Crippen molar-refractivity contribution in [1.82, 2.24) is 20.1 Å². The molecule has 2 aromatic heterocycles. The second-order valence-electron chi connectivity index (χ2n) is 6.69. The normalized spacial score (nSPS) is 18.6. The average molecular weight is 412 g/mol. The van der Waals surface area contributed by atoms with E-state index in [-0.39, 0.29) is 33.9 Å². The molecule has 1 aliphatic rings. The van der Waals surface area contributed by atoms with Crippen molar-refractivity contribution < 1.29 is 18.0 Å². The Morgan fingerprint density at radius 3 is 2.60 bits per heavy atom. The number of aromatic nitrogens is 3. The molecule has 1 atom stereocenters. The third-order valence-corrected chi connectivity index (χ3v) is 4.90. The third kappa shape index (κ3) is 2.88. The molecule has 30 heavy (non-hydrogen) atoms. The second kappa shape index (κ2) is 7.21. The van der Waals surface area contributed by atoms with Gasteiger partial charge in [-0.3, -0.25) is 14.7 Å². The first-order valence-electron chi connectivity index (χ1n) is 8.80. The van der Waals surface area contributed by atoms with Crippen LogP contribution in [0.25, 0.3) is 11.3 Å². The lowest BCUT2D eigenvalue weighted by molar-refractivity contribution is -0.129. The van der Waals surface area contributed by atoms with E-state index < -0.39 is 29.8 Å². The van der Waals surface area contributed by atoms with E-state index in [0.717, 1.165) is 11.0 Å². The van der Waals surface area contributed by atoms with E-state index in [9.17, 15) is 18.0 Å². The van der Waals surface area contributed by atoms with E-state index in [1.54, 1.807) is 0 Å². The number of alkyl halides is 1. The highest BCUT2D eigenvalue weighted by Crippen LogP contribution is 2.41. The number of aliphatic imine (C=N–C) groups is 1. The lowest BCUT2D eigenvalue weighted by atomic mass is 9.82. The van der Waals surface area contributed by atoms with E-state index in [2.05, 4.69) is 20.2 Å². The highest BCUT2D eigenvalue weighted by atomic mass is 19.2. The van der Waals surface area contributed by atoms with Crippen LogP contribution in [0.1, 0.15) is 16.7 Å². The summed E-state index contributed by atoms with van der Waals surface area (Å²) in [5.74, 6) is -3.11. The number of benzene rings is 1. The van der Waals surface area contributed by atoms with Crippen molar-refractivity contribution in [1.29, 1.82) is 0 Å². The van der Waals surface area contributed by atoms with Crippen molar-refractivity contribution in [3.8, 4) is 11.3 Å². The number of carbonyl (C=O) groups is 1. The van der Waals surface area contributed by atoms with Crippen molar-refractivity contribution in [2.24, 2.45) is 10.7 Å². The Bertz CT molecular complexity index is 1170. The molecule has 1 aromatic carbocycles. The summed E-state index contributed by atoms with van der Waals surface area (Å²) in [6.07, 6.45) is 4.00. The van der Waals surface area contributed by atoms with Crippen LogP contribution in [-0.2, 0) is 17.0 Å². The van der Waals surface area contributed by atoms with E-state index in [1.165, 1.54) is 49.9 Å². The van der Waals surface area contributed by atoms with Crippen LogP contribution >= 0.6 is 0 Å². The van der Waals surface area contributed by atoms with Crippen LogP contribution in [0.2, 0.25) is 0 Å². The summed E-state index contributed by atoms with van der Waals surface area (Å²) >= 11 is 0.